The van der Waals surface area contributed by atoms with Crippen molar-refractivity contribution < 1.29 is 18.0 Å². The van der Waals surface area contributed by atoms with E-state index >= 15 is 0 Å². The van der Waals surface area contributed by atoms with Crippen molar-refractivity contribution in [3.05, 3.63) is 35.4 Å². The molecule has 1 rings (SSSR count). The van der Waals surface area contributed by atoms with Crippen molar-refractivity contribution in [3.63, 3.8) is 0 Å². The number of benzene rings is 1. The molecular formula is C15H20F3NO. The molecule has 0 saturated carbocycles. The Labute approximate surface area is 117 Å². The minimum absolute atomic E-state index is 0.122. The summed E-state index contributed by atoms with van der Waals surface area (Å²) < 4.78 is 37.8. The highest BCUT2D eigenvalue weighted by atomic mass is 19.4. The van der Waals surface area contributed by atoms with Crippen molar-refractivity contribution in [1.82, 2.24) is 5.32 Å². The third-order valence-electron chi connectivity index (χ3n) is 3.10. The number of rotatable bonds is 6. The van der Waals surface area contributed by atoms with E-state index in [0.717, 1.165) is 31.4 Å². The van der Waals surface area contributed by atoms with E-state index in [1.165, 1.54) is 6.07 Å². The van der Waals surface area contributed by atoms with Gasteiger partial charge in [0.2, 0.25) is 5.91 Å². The molecule has 0 radical (unpaired) electrons. The van der Waals surface area contributed by atoms with Crippen LogP contribution in [-0.2, 0) is 11.0 Å². The highest BCUT2D eigenvalue weighted by Crippen LogP contribution is 2.30. The third kappa shape index (κ3) is 5.23. The first-order valence-corrected chi connectivity index (χ1v) is 6.81. The van der Waals surface area contributed by atoms with E-state index in [-0.39, 0.29) is 5.91 Å². The van der Waals surface area contributed by atoms with Gasteiger partial charge in [-0.25, -0.2) is 0 Å². The first-order chi connectivity index (χ1) is 9.34. The molecule has 0 aliphatic carbocycles. The van der Waals surface area contributed by atoms with E-state index in [1.54, 1.807) is 13.0 Å². The van der Waals surface area contributed by atoms with E-state index in [2.05, 4.69) is 5.32 Å². The normalized spacial score (nSPS) is 13.1. The number of hydrogen-bond acceptors (Lipinski definition) is 1. The molecular weight excluding hydrogens is 267 g/mol. The molecule has 20 heavy (non-hydrogen) atoms. The monoisotopic (exact) mass is 287 g/mol. The number of carbonyl (C=O) groups is 1. The van der Waals surface area contributed by atoms with Crippen molar-refractivity contribution in [2.24, 2.45) is 0 Å². The Morgan fingerprint density at radius 2 is 2.00 bits per heavy atom. The van der Waals surface area contributed by atoms with Gasteiger partial charge in [0, 0.05) is 6.42 Å². The zero-order valence-electron chi connectivity index (χ0n) is 11.8. The summed E-state index contributed by atoms with van der Waals surface area (Å²) in [6.07, 6.45) is -1.14. The summed E-state index contributed by atoms with van der Waals surface area (Å²) in [5, 5.41) is 2.73. The lowest BCUT2D eigenvalue weighted by Gasteiger charge is -2.16. The predicted octanol–water partition coefficient (Wildman–Crippen LogP) is 4.46. The number of alkyl halides is 3. The molecule has 112 valence electrons. The van der Waals surface area contributed by atoms with Gasteiger partial charge < -0.3 is 5.32 Å². The maximum absolute atomic E-state index is 12.6. The van der Waals surface area contributed by atoms with Gasteiger partial charge in [-0.15, -0.1) is 0 Å². The van der Waals surface area contributed by atoms with Gasteiger partial charge in [-0.3, -0.25) is 4.79 Å². The van der Waals surface area contributed by atoms with Crippen LogP contribution in [0.2, 0.25) is 0 Å². The largest absolute Gasteiger partial charge is 0.416 e. The average molecular weight is 287 g/mol. The smallest absolute Gasteiger partial charge is 0.350 e. The van der Waals surface area contributed by atoms with E-state index in [0.29, 0.717) is 12.0 Å². The van der Waals surface area contributed by atoms with E-state index in [9.17, 15) is 18.0 Å². The highest BCUT2D eigenvalue weighted by molar-refractivity contribution is 5.76. The lowest BCUT2D eigenvalue weighted by Crippen LogP contribution is -2.26. The van der Waals surface area contributed by atoms with E-state index in [4.69, 9.17) is 0 Å². The Balaban J connectivity index is 2.63. The van der Waals surface area contributed by atoms with Crippen LogP contribution in [0.4, 0.5) is 13.2 Å². The zero-order valence-corrected chi connectivity index (χ0v) is 11.8. The van der Waals surface area contributed by atoms with Crippen molar-refractivity contribution in [2.45, 2.75) is 51.7 Å². The summed E-state index contributed by atoms with van der Waals surface area (Å²) in [4.78, 5) is 11.7. The Bertz CT molecular complexity index is 443. The van der Waals surface area contributed by atoms with Crippen LogP contribution in [0.15, 0.2) is 24.3 Å². The van der Waals surface area contributed by atoms with Crippen LogP contribution in [0.3, 0.4) is 0 Å². The molecule has 0 heterocycles. The van der Waals surface area contributed by atoms with Gasteiger partial charge in [0.1, 0.15) is 0 Å². The molecule has 2 nitrogen and oxygen atoms in total. The maximum Gasteiger partial charge on any atom is 0.416 e. The van der Waals surface area contributed by atoms with Gasteiger partial charge in [0.05, 0.1) is 11.6 Å². The Morgan fingerprint density at radius 3 is 2.60 bits per heavy atom. The van der Waals surface area contributed by atoms with Gasteiger partial charge in [-0.05, 0) is 31.0 Å². The molecule has 0 aromatic heterocycles. The highest BCUT2D eigenvalue weighted by Gasteiger charge is 2.30. The summed E-state index contributed by atoms with van der Waals surface area (Å²) in [7, 11) is 0. The number of nitrogens with one attached hydrogen (secondary N) is 1. The van der Waals surface area contributed by atoms with Crippen LogP contribution in [0.1, 0.15) is 56.7 Å². The molecule has 5 heteroatoms. The van der Waals surface area contributed by atoms with Crippen LogP contribution in [0.25, 0.3) is 0 Å². The number of hydrogen-bond donors (Lipinski definition) is 1. The van der Waals surface area contributed by atoms with Gasteiger partial charge in [0.15, 0.2) is 0 Å². The first-order valence-electron chi connectivity index (χ1n) is 6.81. The fourth-order valence-corrected chi connectivity index (χ4v) is 1.92. The van der Waals surface area contributed by atoms with Crippen molar-refractivity contribution in [1.29, 1.82) is 0 Å². The number of carbonyl (C=O) groups excluding carboxylic acids is 1. The third-order valence-corrected chi connectivity index (χ3v) is 3.10. The Morgan fingerprint density at radius 1 is 1.30 bits per heavy atom. The molecule has 1 unspecified atom stereocenters. The molecule has 0 aliphatic heterocycles. The number of unbranched alkanes of at least 4 members (excludes halogenated alkanes) is 2. The van der Waals surface area contributed by atoms with Crippen LogP contribution in [0.5, 0.6) is 0 Å². The summed E-state index contributed by atoms with van der Waals surface area (Å²) in [5.41, 5.74) is -0.231. The molecule has 1 atom stereocenters. The summed E-state index contributed by atoms with van der Waals surface area (Å²) in [6, 6.07) is 4.63. The fraction of sp³-hybridized carbons (Fsp3) is 0.533. The number of halogens is 3. The summed E-state index contributed by atoms with van der Waals surface area (Å²) in [6.45, 7) is 3.73. The fourth-order valence-electron chi connectivity index (χ4n) is 1.92. The van der Waals surface area contributed by atoms with E-state index < -0.39 is 17.8 Å². The van der Waals surface area contributed by atoms with Gasteiger partial charge in [-0.2, -0.15) is 13.2 Å². The molecule has 0 aliphatic rings. The van der Waals surface area contributed by atoms with Gasteiger partial charge in [0.25, 0.3) is 0 Å². The van der Waals surface area contributed by atoms with Gasteiger partial charge >= 0.3 is 6.18 Å². The van der Waals surface area contributed by atoms with Crippen LogP contribution in [0, 0.1) is 0 Å². The van der Waals surface area contributed by atoms with Crippen molar-refractivity contribution in [3.8, 4) is 0 Å². The SMILES string of the molecule is CCCCCC(=O)NC(C)c1cccc(C(F)(F)F)c1. The molecule has 0 saturated heterocycles. The van der Waals surface area contributed by atoms with Crippen molar-refractivity contribution in [2.75, 3.05) is 0 Å². The molecule has 1 aromatic rings. The Kier molecular flexibility index (Phi) is 6.05. The molecule has 0 fully saturated rings. The average Bonchev–Trinajstić information content (AvgIpc) is 2.38. The second-order valence-electron chi connectivity index (χ2n) is 4.87. The van der Waals surface area contributed by atoms with Crippen molar-refractivity contribution >= 4 is 5.91 Å². The maximum atomic E-state index is 12.6. The second-order valence-corrected chi connectivity index (χ2v) is 4.87. The molecule has 1 amide bonds. The quantitative estimate of drug-likeness (QED) is 0.769. The minimum atomic E-state index is -4.36. The standard InChI is InChI=1S/C15H20F3NO/c1-3-4-5-9-14(20)19-11(2)12-7-6-8-13(10-12)15(16,17)18/h6-8,10-11H,3-5,9H2,1-2H3,(H,19,20). The second kappa shape index (κ2) is 7.31. The molecule has 1 N–H and O–H groups in total. The lowest BCUT2D eigenvalue weighted by molar-refractivity contribution is -0.137. The predicted molar refractivity (Wildman–Crippen MR) is 72.1 cm³/mol. The Hall–Kier alpha value is -1.52. The molecule has 0 spiro atoms. The lowest BCUT2D eigenvalue weighted by atomic mass is 10.0. The van der Waals surface area contributed by atoms with Crippen LogP contribution < -0.4 is 5.32 Å². The van der Waals surface area contributed by atoms with Crippen LogP contribution in [-0.4, -0.2) is 5.91 Å². The zero-order chi connectivity index (χ0) is 15.2. The summed E-state index contributed by atoms with van der Waals surface area (Å²) >= 11 is 0. The molecule has 1 aromatic carbocycles. The van der Waals surface area contributed by atoms with Gasteiger partial charge in [-0.1, -0.05) is 31.9 Å². The number of amides is 1. The summed E-state index contributed by atoms with van der Waals surface area (Å²) in [5.74, 6) is -0.122. The minimum Gasteiger partial charge on any atom is -0.350 e. The topological polar surface area (TPSA) is 29.1 Å². The molecule has 0 bridgehead atoms. The van der Waals surface area contributed by atoms with Crippen LogP contribution >= 0.6 is 0 Å². The first kappa shape index (κ1) is 16.5. The van der Waals surface area contributed by atoms with E-state index in [1.807, 2.05) is 6.92 Å².